The summed E-state index contributed by atoms with van der Waals surface area (Å²) in [5.41, 5.74) is 2.35. The van der Waals surface area contributed by atoms with E-state index in [1.165, 1.54) is 11.1 Å². The molecule has 1 atom stereocenters. The number of rotatable bonds is 6. The summed E-state index contributed by atoms with van der Waals surface area (Å²) in [5.74, 6) is 0.600. The van der Waals surface area contributed by atoms with Crippen molar-refractivity contribution in [3.05, 3.63) is 35.4 Å². The Morgan fingerprint density at radius 2 is 1.87 bits per heavy atom. The molecule has 0 aliphatic heterocycles. The highest BCUT2D eigenvalue weighted by molar-refractivity contribution is 14.0. The molecular weight excluding hydrogens is 418 g/mol. The first kappa shape index (κ1) is 22.0. The minimum Gasteiger partial charge on any atom is -0.356 e. The SMILES string of the molecule is CN=C(NCCCCC(F)(F)F)NC(C)c1ccccc1C.I. The van der Waals surface area contributed by atoms with Gasteiger partial charge in [0.25, 0.3) is 0 Å². The number of halogens is 4. The van der Waals surface area contributed by atoms with Gasteiger partial charge in [-0.15, -0.1) is 24.0 Å². The van der Waals surface area contributed by atoms with Gasteiger partial charge < -0.3 is 10.6 Å². The molecule has 7 heteroatoms. The van der Waals surface area contributed by atoms with Crippen molar-refractivity contribution in [1.82, 2.24) is 10.6 Å². The van der Waals surface area contributed by atoms with Crippen LogP contribution in [-0.4, -0.2) is 25.7 Å². The third-order valence-electron chi connectivity index (χ3n) is 3.41. The fourth-order valence-corrected chi connectivity index (χ4v) is 2.21. The van der Waals surface area contributed by atoms with Gasteiger partial charge >= 0.3 is 6.18 Å². The Labute approximate surface area is 153 Å². The number of benzene rings is 1. The van der Waals surface area contributed by atoms with E-state index in [1.807, 2.05) is 38.1 Å². The molecule has 23 heavy (non-hydrogen) atoms. The number of alkyl halides is 3. The summed E-state index contributed by atoms with van der Waals surface area (Å²) < 4.78 is 36.1. The molecule has 132 valence electrons. The predicted molar refractivity (Wildman–Crippen MR) is 99.4 cm³/mol. The zero-order valence-corrected chi connectivity index (χ0v) is 16.0. The largest absolute Gasteiger partial charge is 0.389 e. The van der Waals surface area contributed by atoms with Gasteiger partial charge in [0, 0.05) is 20.0 Å². The van der Waals surface area contributed by atoms with Gasteiger partial charge in [0.1, 0.15) is 0 Å². The Balaban J connectivity index is 0.00000484. The molecule has 1 aromatic carbocycles. The number of aliphatic imine (C=N–C) groups is 1. The molecule has 0 bridgehead atoms. The molecular formula is C16H25F3IN3. The number of hydrogen-bond donors (Lipinski definition) is 2. The van der Waals surface area contributed by atoms with Crippen molar-refractivity contribution in [3.8, 4) is 0 Å². The Bertz CT molecular complexity index is 490. The first-order chi connectivity index (χ1) is 10.3. The monoisotopic (exact) mass is 443 g/mol. The first-order valence-corrected chi connectivity index (χ1v) is 7.43. The summed E-state index contributed by atoms with van der Waals surface area (Å²) >= 11 is 0. The minimum absolute atomic E-state index is 0. The van der Waals surface area contributed by atoms with Crippen molar-refractivity contribution in [2.75, 3.05) is 13.6 Å². The molecule has 2 N–H and O–H groups in total. The van der Waals surface area contributed by atoms with Gasteiger partial charge in [-0.25, -0.2) is 0 Å². The Kier molecular flexibility index (Phi) is 10.3. The summed E-state index contributed by atoms with van der Waals surface area (Å²) in [6.07, 6.45) is -4.22. The molecule has 1 unspecified atom stereocenters. The van der Waals surface area contributed by atoms with Crippen LogP contribution in [0.3, 0.4) is 0 Å². The molecule has 0 aliphatic rings. The van der Waals surface area contributed by atoms with E-state index in [1.54, 1.807) is 7.05 Å². The quantitative estimate of drug-likeness (QED) is 0.293. The second-order valence-corrected chi connectivity index (χ2v) is 5.29. The zero-order valence-electron chi connectivity index (χ0n) is 13.7. The van der Waals surface area contributed by atoms with Crippen LogP contribution < -0.4 is 10.6 Å². The lowest BCUT2D eigenvalue weighted by Gasteiger charge is -2.19. The molecule has 0 aliphatic carbocycles. The molecule has 0 fully saturated rings. The first-order valence-electron chi connectivity index (χ1n) is 7.43. The van der Waals surface area contributed by atoms with Crippen LogP contribution in [-0.2, 0) is 0 Å². The summed E-state index contributed by atoms with van der Waals surface area (Å²) in [5, 5.41) is 6.29. The second-order valence-electron chi connectivity index (χ2n) is 5.29. The van der Waals surface area contributed by atoms with E-state index in [4.69, 9.17) is 0 Å². The second kappa shape index (κ2) is 10.7. The van der Waals surface area contributed by atoms with Crippen LogP contribution in [0.1, 0.15) is 43.4 Å². The van der Waals surface area contributed by atoms with E-state index in [0.717, 1.165) is 0 Å². The highest BCUT2D eigenvalue weighted by atomic mass is 127. The summed E-state index contributed by atoms with van der Waals surface area (Å²) in [6.45, 7) is 4.54. The normalized spacial score (nSPS) is 13.2. The molecule has 0 amide bonds. The van der Waals surface area contributed by atoms with Gasteiger partial charge in [0.15, 0.2) is 5.96 Å². The lowest BCUT2D eigenvalue weighted by atomic mass is 10.0. The maximum atomic E-state index is 12.0. The fraction of sp³-hybridized carbons (Fsp3) is 0.562. The standard InChI is InChI=1S/C16H24F3N3.HI/c1-12-8-4-5-9-14(12)13(2)22-15(20-3)21-11-7-6-10-16(17,18)19;/h4-5,8-9,13H,6-7,10-11H2,1-3H3,(H2,20,21,22);1H. The molecule has 1 aromatic rings. The molecule has 0 spiro atoms. The molecule has 3 nitrogen and oxygen atoms in total. The number of nitrogens with one attached hydrogen (secondary N) is 2. The molecule has 0 saturated carbocycles. The number of unbranched alkanes of at least 4 members (excludes halogenated alkanes) is 1. The van der Waals surface area contributed by atoms with Crippen molar-refractivity contribution >= 4 is 29.9 Å². The van der Waals surface area contributed by atoms with Crippen LogP contribution in [0, 0.1) is 6.92 Å². The van der Waals surface area contributed by atoms with Gasteiger partial charge in [-0.2, -0.15) is 13.2 Å². The average Bonchev–Trinajstić information content (AvgIpc) is 2.44. The Morgan fingerprint density at radius 3 is 2.43 bits per heavy atom. The van der Waals surface area contributed by atoms with Gasteiger partial charge in [-0.05, 0) is 37.8 Å². The zero-order chi connectivity index (χ0) is 16.6. The number of aryl methyl sites for hydroxylation is 1. The topological polar surface area (TPSA) is 36.4 Å². The lowest BCUT2D eigenvalue weighted by molar-refractivity contribution is -0.135. The summed E-state index contributed by atoms with van der Waals surface area (Å²) in [6, 6.07) is 8.12. The van der Waals surface area contributed by atoms with Gasteiger partial charge in [0.2, 0.25) is 0 Å². The summed E-state index contributed by atoms with van der Waals surface area (Å²) in [4.78, 5) is 4.10. The van der Waals surface area contributed by atoms with Gasteiger partial charge in [-0.1, -0.05) is 24.3 Å². The van der Waals surface area contributed by atoms with Crippen LogP contribution in [0.15, 0.2) is 29.3 Å². The predicted octanol–water partition coefficient (Wildman–Crippen LogP) is 4.57. The molecule has 1 rings (SSSR count). The summed E-state index contributed by atoms with van der Waals surface area (Å²) in [7, 11) is 1.65. The van der Waals surface area contributed by atoms with Crippen molar-refractivity contribution in [1.29, 1.82) is 0 Å². The van der Waals surface area contributed by atoms with Crippen LogP contribution in [0.4, 0.5) is 13.2 Å². The van der Waals surface area contributed by atoms with E-state index >= 15 is 0 Å². The van der Waals surface area contributed by atoms with Crippen molar-refractivity contribution in [3.63, 3.8) is 0 Å². The van der Waals surface area contributed by atoms with Crippen molar-refractivity contribution in [2.24, 2.45) is 4.99 Å². The Hall–Kier alpha value is -0.990. The highest BCUT2D eigenvalue weighted by Gasteiger charge is 2.25. The average molecular weight is 443 g/mol. The van der Waals surface area contributed by atoms with Gasteiger partial charge in [0.05, 0.1) is 6.04 Å². The molecule has 0 saturated heterocycles. The van der Waals surface area contributed by atoms with Crippen molar-refractivity contribution < 1.29 is 13.2 Å². The number of nitrogens with zero attached hydrogens (tertiary/aromatic N) is 1. The number of guanidine groups is 1. The molecule has 0 radical (unpaired) electrons. The van der Waals surface area contributed by atoms with E-state index in [2.05, 4.69) is 15.6 Å². The van der Waals surface area contributed by atoms with E-state index in [0.29, 0.717) is 18.9 Å². The third-order valence-corrected chi connectivity index (χ3v) is 3.41. The highest BCUT2D eigenvalue weighted by Crippen LogP contribution is 2.21. The molecule has 0 heterocycles. The van der Waals surface area contributed by atoms with E-state index in [-0.39, 0.29) is 36.4 Å². The lowest BCUT2D eigenvalue weighted by Crippen LogP contribution is -2.39. The maximum absolute atomic E-state index is 12.0. The van der Waals surface area contributed by atoms with Crippen molar-refractivity contribution in [2.45, 2.75) is 45.3 Å². The third kappa shape index (κ3) is 9.02. The Morgan fingerprint density at radius 1 is 1.22 bits per heavy atom. The maximum Gasteiger partial charge on any atom is 0.389 e. The van der Waals surface area contributed by atoms with Gasteiger partial charge in [-0.3, -0.25) is 4.99 Å². The van der Waals surface area contributed by atoms with E-state index in [9.17, 15) is 13.2 Å². The van der Waals surface area contributed by atoms with Crippen LogP contribution in [0.25, 0.3) is 0 Å². The van der Waals surface area contributed by atoms with Crippen LogP contribution in [0.2, 0.25) is 0 Å². The van der Waals surface area contributed by atoms with E-state index < -0.39 is 12.6 Å². The minimum atomic E-state index is -4.07. The molecule has 0 aromatic heterocycles. The van der Waals surface area contributed by atoms with Crippen LogP contribution >= 0.6 is 24.0 Å². The smallest absolute Gasteiger partial charge is 0.356 e. The fourth-order valence-electron chi connectivity index (χ4n) is 2.21. The number of hydrogen-bond acceptors (Lipinski definition) is 1. The van der Waals surface area contributed by atoms with Crippen LogP contribution in [0.5, 0.6) is 0 Å².